The third-order valence-electron chi connectivity index (χ3n) is 2.60. The Morgan fingerprint density at radius 2 is 2.14 bits per heavy atom. The molecule has 8 heteroatoms. The summed E-state index contributed by atoms with van der Waals surface area (Å²) in [4.78, 5) is 22.2. The fourth-order valence-electron chi connectivity index (χ4n) is 1.60. The minimum absolute atomic E-state index is 0.0483. The number of nitro groups is 1. The fourth-order valence-corrected chi connectivity index (χ4v) is 1.84. The summed E-state index contributed by atoms with van der Waals surface area (Å²) in [6.07, 6.45) is 0.601. The molecular weight excluding hydrogens is 300 g/mol. The molecule has 7 nitrogen and oxygen atoms in total. The molecular formula is C13H17ClN2O5. The van der Waals surface area contributed by atoms with Gasteiger partial charge in [0.2, 0.25) is 0 Å². The van der Waals surface area contributed by atoms with Gasteiger partial charge in [0.15, 0.2) is 0 Å². The lowest BCUT2D eigenvalue weighted by Gasteiger charge is -2.07. The predicted octanol–water partition coefficient (Wildman–Crippen LogP) is 2.03. The van der Waals surface area contributed by atoms with Crippen LogP contribution >= 0.6 is 11.6 Å². The number of nitrogens with one attached hydrogen (secondary N) is 1. The van der Waals surface area contributed by atoms with Crippen molar-refractivity contribution in [1.29, 1.82) is 0 Å². The second-order valence-corrected chi connectivity index (χ2v) is 4.51. The molecule has 0 saturated heterocycles. The molecule has 0 spiro atoms. The molecule has 0 saturated carbocycles. The van der Waals surface area contributed by atoms with Gasteiger partial charge in [0.1, 0.15) is 10.6 Å². The molecule has 0 aliphatic rings. The number of carbonyl (C=O) groups is 1. The maximum absolute atomic E-state index is 11.9. The van der Waals surface area contributed by atoms with Crippen molar-refractivity contribution in [1.82, 2.24) is 5.32 Å². The third-order valence-corrected chi connectivity index (χ3v) is 2.90. The van der Waals surface area contributed by atoms with Gasteiger partial charge in [-0.2, -0.15) is 0 Å². The number of hydrogen-bond acceptors (Lipinski definition) is 5. The molecule has 0 fully saturated rings. The van der Waals surface area contributed by atoms with E-state index in [9.17, 15) is 14.9 Å². The van der Waals surface area contributed by atoms with Crippen molar-refractivity contribution in [3.63, 3.8) is 0 Å². The smallest absolute Gasteiger partial charge is 0.300 e. The normalized spacial score (nSPS) is 10.4. The molecule has 0 bridgehead atoms. The van der Waals surface area contributed by atoms with E-state index in [1.807, 2.05) is 0 Å². The Morgan fingerprint density at radius 1 is 1.38 bits per heavy atom. The predicted molar refractivity (Wildman–Crippen MR) is 77.8 cm³/mol. The fraction of sp³-hybridized carbons (Fsp3) is 0.462. The van der Waals surface area contributed by atoms with Gasteiger partial charge in [-0.15, -0.1) is 0 Å². The molecule has 1 aromatic rings. The van der Waals surface area contributed by atoms with Crippen LogP contribution in [0.3, 0.4) is 0 Å². The zero-order chi connectivity index (χ0) is 15.7. The lowest BCUT2D eigenvalue weighted by atomic mass is 10.1. The summed E-state index contributed by atoms with van der Waals surface area (Å²) < 4.78 is 10.1. The summed E-state index contributed by atoms with van der Waals surface area (Å²) in [5, 5.41) is 13.5. The van der Waals surface area contributed by atoms with E-state index in [2.05, 4.69) is 5.32 Å². The van der Waals surface area contributed by atoms with Gasteiger partial charge in [-0.1, -0.05) is 17.7 Å². The number of carbonyl (C=O) groups excluding carboxylic acids is 1. The van der Waals surface area contributed by atoms with Crippen molar-refractivity contribution in [2.24, 2.45) is 0 Å². The molecule has 1 amide bonds. The number of benzene rings is 1. The highest BCUT2D eigenvalue weighted by atomic mass is 35.5. The molecule has 0 radical (unpaired) electrons. The highest BCUT2D eigenvalue weighted by Crippen LogP contribution is 2.27. The Kier molecular flexibility index (Phi) is 7.66. The maximum atomic E-state index is 11.9. The highest BCUT2D eigenvalue weighted by molar-refractivity contribution is 6.33. The van der Waals surface area contributed by atoms with Gasteiger partial charge in [0.05, 0.1) is 18.1 Å². The first-order chi connectivity index (χ1) is 10.1. The van der Waals surface area contributed by atoms with E-state index in [0.29, 0.717) is 32.8 Å². The first-order valence-electron chi connectivity index (χ1n) is 6.35. The molecule has 1 N–H and O–H groups in total. The van der Waals surface area contributed by atoms with E-state index in [0.717, 1.165) is 0 Å². The van der Waals surface area contributed by atoms with Crippen molar-refractivity contribution in [2.75, 3.05) is 33.5 Å². The SMILES string of the molecule is COCCOCCCNC(=O)c1cccc(Cl)c1[N+](=O)[O-]. The first-order valence-corrected chi connectivity index (χ1v) is 6.73. The number of rotatable bonds is 9. The van der Waals surface area contributed by atoms with Gasteiger partial charge in [-0.3, -0.25) is 14.9 Å². The lowest BCUT2D eigenvalue weighted by molar-refractivity contribution is -0.385. The number of ether oxygens (including phenoxy) is 2. The van der Waals surface area contributed by atoms with Crippen LogP contribution in [0.5, 0.6) is 0 Å². The van der Waals surface area contributed by atoms with E-state index >= 15 is 0 Å². The summed E-state index contributed by atoms with van der Waals surface area (Å²) in [7, 11) is 1.58. The van der Waals surface area contributed by atoms with Gasteiger partial charge in [-0.05, 0) is 18.6 Å². The Bertz CT molecular complexity index is 495. The molecule has 116 valence electrons. The summed E-state index contributed by atoms with van der Waals surface area (Å²) in [6.45, 7) is 1.84. The molecule has 0 unspecified atom stereocenters. The van der Waals surface area contributed by atoms with Crippen LogP contribution in [0.4, 0.5) is 5.69 Å². The van der Waals surface area contributed by atoms with E-state index in [1.165, 1.54) is 18.2 Å². The monoisotopic (exact) mass is 316 g/mol. The van der Waals surface area contributed by atoms with Crippen LogP contribution in [0.2, 0.25) is 5.02 Å². The molecule has 0 aromatic heterocycles. The Morgan fingerprint density at radius 3 is 2.81 bits per heavy atom. The van der Waals surface area contributed by atoms with Crippen LogP contribution in [0.15, 0.2) is 18.2 Å². The average molecular weight is 317 g/mol. The first kappa shape index (κ1) is 17.4. The third kappa shape index (κ3) is 5.66. The Hall–Kier alpha value is -1.70. The minimum Gasteiger partial charge on any atom is -0.382 e. The van der Waals surface area contributed by atoms with E-state index in [1.54, 1.807) is 7.11 Å². The van der Waals surface area contributed by atoms with Gasteiger partial charge < -0.3 is 14.8 Å². The number of para-hydroxylation sites is 1. The summed E-state index contributed by atoms with van der Waals surface area (Å²) in [5.74, 6) is -0.527. The number of hydrogen-bond donors (Lipinski definition) is 1. The summed E-state index contributed by atoms with van der Waals surface area (Å²) in [5.41, 5.74) is -0.430. The lowest BCUT2D eigenvalue weighted by Crippen LogP contribution is -2.26. The summed E-state index contributed by atoms with van der Waals surface area (Å²) >= 11 is 5.75. The van der Waals surface area contributed by atoms with Gasteiger partial charge >= 0.3 is 5.69 Å². The van der Waals surface area contributed by atoms with Crippen LogP contribution < -0.4 is 5.32 Å². The topological polar surface area (TPSA) is 90.7 Å². The second kappa shape index (κ2) is 9.28. The largest absolute Gasteiger partial charge is 0.382 e. The number of nitrogens with zero attached hydrogens (tertiary/aromatic N) is 1. The minimum atomic E-state index is -0.662. The quantitative estimate of drug-likeness (QED) is 0.427. The van der Waals surface area contributed by atoms with Crippen LogP contribution in [0, 0.1) is 10.1 Å². The van der Waals surface area contributed by atoms with Crippen molar-refractivity contribution < 1.29 is 19.2 Å². The van der Waals surface area contributed by atoms with Gasteiger partial charge in [0, 0.05) is 20.3 Å². The van der Waals surface area contributed by atoms with Crippen molar-refractivity contribution in [3.8, 4) is 0 Å². The zero-order valence-electron chi connectivity index (χ0n) is 11.6. The Balaban J connectivity index is 2.46. The average Bonchev–Trinajstić information content (AvgIpc) is 2.45. The second-order valence-electron chi connectivity index (χ2n) is 4.11. The number of nitro benzene ring substituents is 1. The van der Waals surface area contributed by atoms with Crippen LogP contribution in [0.1, 0.15) is 16.8 Å². The maximum Gasteiger partial charge on any atom is 0.300 e. The Labute approximate surface area is 127 Å². The number of methoxy groups -OCH3 is 1. The number of amides is 1. The standard InChI is InChI=1S/C13H17ClN2O5/c1-20-8-9-21-7-3-6-15-13(17)10-4-2-5-11(14)12(10)16(18)19/h2,4-5H,3,6-9H2,1H3,(H,15,17). The molecule has 0 heterocycles. The molecule has 1 rings (SSSR count). The highest BCUT2D eigenvalue weighted by Gasteiger charge is 2.23. The van der Waals surface area contributed by atoms with E-state index < -0.39 is 10.8 Å². The van der Waals surface area contributed by atoms with Crippen LogP contribution in [-0.2, 0) is 9.47 Å². The van der Waals surface area contributed by atoms with Crippen molar-refractivity contribution >= 4 is 23.2 Å². The molecule has 21 heavy (non-hydrogen) atoms. The molecule has 0 aliphatic carbocycles. The van der Waals surface area contributed by atoms with Crippen molar-refractivity contribution in [2.45, 2.75) is 6.42 Å². The van der Waals surface area contributed by atoms with Crippen LogP contribution in [-0.4, -0.2) is 44.3 Å². The molecule has 0 aliphatic heterocycles. The van der Waals surface area contributed by atoms with Crippen molar-refractivity contribution in [3.05, 3.63) is 38.9 Å². The zero-order valence-corrected chi connectivity index (χ0v) is 12.4. The van der Waals surface area contributed by atoms with E-state index in [-0.39, 0.29) is 16.3 Å². The van der Waals surface area contributed by atoms with E-state index in [4.69, 9.17) is 21.1 Å². The summed E-state index contributed by atoms with van der Waals surface area (Å²) in [6, 6.07) is 4.24. The molecule has 0 atom stereocenters. The van der Waals surface area contributed by atoms with Gasteiger partial charge in [-0.25, -0.2) is 0 Å². The van der Waals surface area contributed by atoms with Gasteiger partial charge in [0.25, 0.3) is 5.91 Å². The number of halogens is 1. The molecule has 1 aromatic carbocycles. The van der Waals surface area contributed by atoms with Crippen LogP contribution in [0.25, 0.3) is 0 Å².